The summed E-state index contributed by atoms with van der Waals surface area (Å²) in [5, 5.41) is 21.7. The molecule has 1 aromatic rings. The fraction of sp³-hybridized carbons (Fsp3) is 0.619. The Kier molecular flexibility index (Phi) is 4.41. The maximum absolute atomic E-state index is 11.8. The minimum atomic E-state index is -0.773. The fourth-order valence-corrected chi connectivity index (χ4v) is 4.74. The Morgan fingerprint density at radius 2 is 2.08 bits per heavy atom. The molecule has 2 N–H and O–H groups in total. The number of hydrogen-bond donors (Lipinski definition) is 2. The van der Waals surface area contributed by atoms with Crippen molar-refractivity contribution < 1.29 is 14.9 Å². The van der Waals surface area contributed by atoms with Gasteiger partial charge in [-0.15, -0.1) is 0 Å². The molecule has 0 amide bonds. The van der Waals surface area contributed by atoms with Crippen molar-refractivity contribution in [1.82, 2.24) is 0 Å². The molecule has 0 saturated heterocycles. The predicted octanol–water partition coefficient (Wildman–Crippen LogP) is 4.61. The number of hydrogen-bond acceptors (Lipinski definition) is 3. The number of aromatic hydroxyl groups is 1. The van der Waals surface area contributed by atoms with Crippen molar-refractivity contribution in [2.75, 3.05) is 0 Å². The van der Waals surface area contributed by atoms with Crippen molar-refractivity contribution in [3.8, 4) is 11.5 Å². The first-order valence-electron chi connectivity index (χ1n) is 9.09. The summed E-state index contributed by atoms with van der Waals surface area (Å²) in [7, 11) is 0. The van der Waals surface area contributed by atoms with E-state index in [9.17, 15) is 10.2 Å². The van der Waals surface area contributed by atoms with Crippen molar-refractivity contribution in [1.29, 1.82) is 0 Å². The van der Waals surface area contributed by atoms with E-state index in [0.717, 1.165) is 37.0 Å². The van der Waals surface area contributed by atoms with E-state index in [-0.39, 0.29) is 23.2 Å². The largest absolute Gasteiger partial charge is 0.508 e. The Morgan fingerprint density at radius 3 is 2.79 bits per heavy atom. The first kappa shape index (κ1) is 17.3. The maximum atomic E-state index is 11.8. The highest BCUT2D eigenvalue weighted by molar-refractivity contribution is 5.42. The topological polar surface area (TPSA) is 49.7 Å². The third-order valence-corrected chi connectivity index (χ3v) is 6.18. The first-order valence-corrected chi connectivity index (χ1v) is 9.09. The van der Waals surface area contributed by atoms with Crippen LogP contribution in [0.3, 0.4) is 0 Å². The zero-order valence-corrected chi connectivity index (χ0v) is 15.3. The van der Waals surface area contributed by atoms with E-state index in [1.807, 2.05) is 6.07 Å². The number of phenols is 1. The van der Waals surface area contributed by atoms with Gasteiger partial charge in [-0.2, -0.15) is 0 Å². The molecular formula is C21H30O3. The molecule has 24 heavy (non-hydrogen) atoms. The van der Waals surface area contributed by atoms with E-state index in [1.165, 1.54) is 5.57 Å². The van der Waals surface area contributed by atoms with Crippen molar-refractivity contribution >= 4 is 0 Å². The van der Waals surface area contributed by atoms with E-state index in [2.05, 4.69) is 33.8 Å². The van der Waals surface area contributed by atoms with Gasteiger partial charge in [0.05, 0.1) is 5.60 Å². The minimum absolute atomic E-state index is 0.0552. The average molecular weight is 330 g/mol. The summed E-state index contributed by atoms with van der Waals surface area (Å²) in [6.07, 6.45) is 6.67. The van der Waals surface area contributed by atoms with Crippen LogP contribution in [-0.2, 0) is 6.42 Å². The molecule has 1 aliphatic heterocycles. The van der Waals surface area contributed by atoms with E-state index >= 15 is 0 Å². The van der Waals surface area contributed by atoms with E-state index < -0.39 is 5.60 Å². The molecule has 3 nitrogen and oxygen atoms in total. The quantitative estimate of drug-likeness (QED) is 0.739. The smallest absolute Gasteiger partial charge is 0.123 e. The fourth-order valence-electron chi connectivity index (χ4n) is 4.74. The monoisotopic (exact) mass is 330 g/mol. The first-order chi connectivity index (χ1) is 11.2. The standard InChI is InChI=1S/C21H30O3/c1-14(2)10-18-13-20(4)9-5-6-15(3)21(20,23)12-16-11-17(22)7-8-19(16)24-18/h7-8,10-11,15,18,22-23H,5-6,9,12-13H2,1-4H3/t15-,18?,20-,21+/m1/s1. The summed E-state index contributed by atoms with van der Waals surface area (Å²) in [4.78, 5) is 0. The highest BCUT2D eigenvalue weighted by atomic mass is 16.5. The molecule has 132 valence electrons. The summed E-state index contributed by atoms with van der Waals surface area (Å²) in [6.45, 7) is 8.54. The molecular weight excluding hydrogens is 300 g/mol. The van der Waals surface area contributed by atoms with Gasteiger partial charge in [0.2, 0.25) is 0 Å². The summed E-state index contributed by atoms with van der Waals surface area (Å²) < 4.78 is 6.30. The van der Waals surface area contributed by atoms with Crippen LogP contribution in [-0.4, -0.2) is 21.9 Å². The third kappa shape index (κ3) is 2.95. The van der Waals surface area contributed by atoms with Crippen LogP contribution in [0.1, 0.15) is 58.9 Å². The van der Waals surface area contributed by atoms with Crippen LogP contribution in [0.5, 0.6) is 11.5 Å². The Hall–Kier alpha value is -1.48. The molecule has 1 aromatic carbocycles. The van der Waals surface area contributed by atoms with Crippen molar-refractivity contribution in [2.45, 2.75) is 71.5 Å². The lowest BCUT2D eigenvalue weighted by Gasteiger charge is -2.54. The number of fused-ring (bicyclic) bond motifs is 2. The van der Waals surface area contributed by atoms with Gasteiger partial charge in [0.1, 0.15) is 17.6 Å². The van der Waals surface area contributed by atoms with Crippen LogP contribution in [0.2, 0.25) is 0 Å². The van der Waals surface area contributed by atoms with Gasteiger partial charge >= 0.3 is 0 Å². The summed E-state index contributed by atoms with van der Waals surface area (Å²) in [6, 6.07) is 5.24. The van der Waals surface area contributed by atoms with Gasteiger partial charge in [0, 0.05) is 17.4 Å². The van der Waals surface area contributed by atoms with Gasteiger partial charge in [0.25, 0.3) is 0 Å². The Labute approximate surface area is 145 Å². The Morgan fingerprint density at radius 1 is 1.33 bits per heavy atom. The number of rotatable bonds is 1. The van der Waals surface area contributed by atoms with Crippen LogP contribution in [0.4, 0.5) is 0 Å². The zero-order chi connectivity index (χ0) is 17.5. The van der Waals surface area contributed by atoms with Crippen LogP contribution >= 0.6 is 0 Å². The van der Waals surface area contributed by atoms with Gasteiger partial charge in [0.15, 0.2) is 0 Å². The van der Waals surface area contributed by atoms with E-state index in [0.29, 0.717) is 6.42 Å². The van der Waals surface area contributed by atoms with Crippen molar-refractivity contribution in [3.05, 3.63) is 35.4 Å². The maximum Gasteiger partial charge on any atom is 0.123 e. The SMILES string of the molecule is CC(C)=CC1C[C@@]2(C)CCC[C@@H](C)[C@@]2(O)Cc2cc(O)ccc2O1. The third-order valence-electron chi connectivity index (χ3n) is 6.18. The normalized spacial score (nSPS) is 35.7. The number of allylic oxidation sites excluding steroid dienone is 1. The number of benzene rings is 1. The summed E-state index contributed by atoms with van der Waals surface area (Å²) in [5.41, 5.74) is 1.16. The molecule has 1 saturated carbocycles. The van der Waals surface area contributed by atoms with Crippen molar-refractivity contribution in [3.63, 3.8) is 0 Å². The van der Waals surface area contributed by atoms with Gasteiger partial charge in [-0.25, -0.2) is 0 Å². The second-order valence-electron chi connectivity index (χ2n) is 8.35. The van der Waals surface area contributed by atoms with E-state index in [1.54, 1.807) is 12.1 Å². The molecule has 2 aliphatic rings. The van der Waals surface area contributed by atoms with Crippen LogP contribution in [0.25, 0.3) is 0 Å². The molecule has 0 radical (unpaired) electrons. The van der Waals surface area contributed by atoms with Crippen molar-refractivity contribution in [2.24, 2.45) is 11.3 Å². The van der Waals surface area contributed by atoms with Crippen LogP contribution in [0, 0.1) is 11.3 Å². The molecule has 1 unspecified atom stereocenters. The van der Waals surface area contributed by atoms with Gasteiger partial charge < -0.3 is 14.9 Å². The molecule has 0 bridgehead atoms. The molecule has 0 spiro atoms. The van der Waals surface area contributed by atoms with Gasteiger partial charge in [-0.05, 0) is 63.3 Å². The molecule has 3 heteroatoms. The zero-order valence-electron chi connectivity index (χ0n) is 15.3. The van der Waals surface area contributed by atoms with E-state index in [4.69, 9.17) is 4.74 Å². The molecule has 0 aromatic heterocycles. The summed E-state index contributed by atoms with van der Waals surface area (Å²) in [5.74, 6) is 1.24. The van der Waals surface area contributed by atoms with Crippen LogP contribution in [0.15, 0.2) is 29.8 Å². The highest BCUT2D eigenvalue weighted by Crippen LogP contribution is 2.53. The molecule has 3 rings (SSSR count). The molecule has 1 fully saturated rings. The Bertz CT molecular complexity index is 646. The number of ether oxygens (including phenoxy) is 1. The predicted molar refractivity (Wildman–Crippen MR) is 96.3 cm³/mol. The lowest BCUT2D eigenvalue weighted by molar-refractivity contribution is -0.154. The lowest BCUT2D eigenvalue weighted by Crippen LogP contribution is -2.57. The lowest BCUT2D eigenvalue weighted by atomic mass is 9.55. The average Bonchev–Trinajstić information content (AvgIpc) is 2.46. The highest BCUT2D eigenvalue weighted by Gasteiger charge is 2.54. The molecule has 4 atom stereocenters. The minimum Gasteiger partial charge on any atom is -0.508 e. The van der Waals surface area contributed by atoms with Gasteiger partial charge in [-0.3, -0.25) is 0 Å². The van der Waals surface area contributed by atoms with Gasteiger partial charge in [-0.1, -0.05) is 25.8 Å². The number of phenolic OH excluding ortho intramolecular Hbond substituents is 1. The van der Waals surface area contributed by atoms with Crippen LogP contribution < -0.4 is 4.74 Å². The Balaban J connectivity index is 2.12. The summed E-state index contributed by atoms with van der Waals surface area (Å²) >= 11 is 0. The number of aliphatic hydroxyl groups is 1. The second-order valence-corrected chi connectivity index (χ2v) is 8.35. The molecule has 1 aliphatic carbocycles. The molecule has 1 heterocycles. The second kappa shape index (κ2) is 6.11.